The second kappa shape index (κ2) is 8.78. The number of hydrogen-bond acceptors (Lipinski definition) is 4. The Kier molecular flexibility index (Phi) is 6.19. The first kappa shape index (κ1) is 19.7. The molecule has 0 unspecified atom stereocenters. The first-order chi connectivity index (χ1) is 13.5. The normalized spacial score (nSPS) is 15.0. The lowest BCUT2D eigenvalue weighted by molar-refractivity contribution is -0.132. The van der Waals surface area contributed by atoms with Gasteiger partial charge < -0.3 is 19.7 Å². The second-order valence-corrected chi connectivity index (χ2v) is 6.88. The number of aryl methyl sites for hydroxylation is 1. The maximum atomic E-state index is 12.6. The number of likely N-dealkylation sites (N-methyl/N-ethyl adjacent to an activating group) is 1. The summed E-state index contributed by atoms with van der Waals surface area (Å²) in [5.74, 6) is 0.697. The number of benzene rings is 2. The minimum Gasteiger partial charge on any atom is -0.490 e. The Morgan fingerprint density at radius 1 is 1.14 bits per heavy atom. The number of ether oxygens (including phenoxy) is 2. The molecule has 1 aliphatic rings. The van der Waals surface area contributed by atoms with Crippen LogP contribution in [0.3, 0.4) is 0 Å². The summed E-state index contributed by atoms with van der Waals surface area (Å²) >= 11 is 0. The summed E-state index contributed by atoms with van der Waals surface area (Å²) in [6.45, 7) is 5.23. The predicted molar refractivity (Wildman–Crippen MR) is 108 cm³/mol. The Bertz CT molecular complexity index is 865. The van der Waals surface area contributed by atoms with Gasteiger partial charge in [-0.25, -0.2) is 0 Å². The molecule has 2 aromatic carbocycles. The Morgan fingerprint density at radius 2 is 1.86 bits per heavy atom. The van der Waals surface area contributed by atoms with Crippen LogP contribution in [0.2, 0.25) is 0 Å². The average molecular weight is 382 g/mol. The molecule has 0 saturated heterocycles. The van der Waals surface area contributed by atoms with Crippen molar-refractivity contribution < 1.29 is 19.1 Å². The molecule has 0 fully saturated rings. The van der Waals surface area contributed by atoms with Crippen LogP contribution in [0.4, 0.5) is 5.69 Å². The highest BCUT2D eigenvalue weighted by Gasteiger charge is 2.33. The molecule has 2 amide bonds. The fraction of sp³-hybridized carbons (Fsp3) is 0.364. The third-order valence-corrected chi connectivity index (χ3v) is 4.79. The molecule has 28 heavy (non-hydrogen) atoms. The molecule has 0 aliphatic carbocycles. The lowest BCUT2D eigenvalue weighted by atomic mass is 9.95. The van der Waals surface area contributed by atoms with Crippen molar-refractivity contribution in [2.45, 2.75) is 26.2 Å². The molecule has 0 radical (unpaired) electrons. The summed E-state index contributed by atoms with van der Waals surface area (Å²) in [4.78, 5) is 26.5. The second-order valence-electron chi connectivity index (χ2n) is 6.88. The topological polar surface area (TPSA) is 67.9 Å². The number of para-hydroxylation sites is 2. The van der Waals surface area contributed by atoms with Crippen LogP contribution >= 0.6 is 0 Å². The van der Waals surface area contributed by atoms with Crippen molar-refractivity contribution in [3.8, 4) is 11.5 Å². The van der Waals surface area contributed by atoms with Crippen molar-refractivity contribution >= 4 is 17.5 Å². The van der Waals surface area contributed by atoms with Gasteiger partial charge in [0.1, 0.15) is 6.61 Å². The van der Waals surface area contributed by atoms with Crippen molar-refractivity contribution in [3.05, 3.63) is 53.6 Å². The van der Waals surface area contributed by atoms with Crippen molar-refractivity contribution in [1.82, 2.24) is 4.90 Å². The third kappa shape index (κ3) is 4.44. The van der Waals surface area contributed by atoms with E-state index in [1.165, 1.54) is 0 Å². The number of fused-ring (bicyclic) bond motifs is 1. The van der Waals surface area contributed by atoms with E-state index in [-0.39, 0.29) is 18.2 Å². The van der Waals surface area contributed by atoms with Crippen molar-refractivity contribution in [1.29, 1.82) is 0 Å². The molecule has 0 aromatic heterocycles. The molecule has 0 spiro atoms. The molecule has 1 aliphatic heterocycles. The Balaban J connectivity index is 1.55. The molecular formula is C22H26N2O4. The van der Waals surface area contributed by atoms with Crippen LogP contribution in [-0.4, -0.2) is 43.5 Å². The number of nitrogens with one attached hydrogen (secondary N) is 1. The SMILES string of the molecule is CCOc1ccccc1OCCN(C)C(=O)C[C@H]1C(=O)Nc2ccc(C)cc21. The highest BCUT2D eigenvalue weighted by Crippen LogP contribution is 2.35. The molecule has 0 bridgehead atoms. The van der Waals surface area contributed by atoms with E-state index in [0.29, 0.717) is 31.3 Å². The summed E-state index contributed by atoms with van der Waals surface area (Å²) < 4.78 is 11.3. The molecule has 6 nitrogen and oxygen atoms in total. The van der Waals surface area contributed by atoms with Crippen LogP contribution in [0.1, 0.15) is 30.4 Å². The van der Waals surface area contributed by atoms with Crippen LogP contribution < -0.4 is 14.8 Å². The first-order valence-electron chi connectivity index (χ1n) is 9.49. The molecule has 6 heteroatoms. The van der Waals surface area contributed by atoms with Crippen LogP contribution in [0, 0.1) is 6.92 Å². The van der Waals surface area contributed by atoms with E-state index >= 15 is 0 Å². The molecule has 1 heterocycles. The number of carbonyl (C=O) groups excluding carboxylic acids is 2. The highest BCUT2D eigenvalue weighted by atomic mass is 16.5. The van der Waals surface area contributed by atoms with Crippen molar-refractivity contribution in [3.63, 3.8) is 0 Å². The molecule has 0 saturated carbocycles. The monoisotopic (exact) mass is 382 g/mol. The van der Waals surface area contributed by atoms with Crippen LogP contribution in [0.15, 0.2) is 42.5 Å². The maximum absolute atomic E-state index is 12.6. The van der Waals surface area contributed by atoms with Gasteiger partial charge in [-0.2, -0.15) is 0 Å². The molecule has 1 atom stereocenters. The molecule has 1 N–H and O–H groups in total. The Morgan fingerprint density at radius 3 is 2.57 bits per heavy atom. The number of nitrogens with zero attached hydrogens (tertiary/aromatic N) is 1. The zero-order valence-electron chi connectivity index (χ0n) is 16.5. The number of carbonyl (C=O) groups is 2. The van der Waals surface area contributed by atoms with Gasteiger partial charge in [0.2, 0.25) is 11.8 Å². The smallest absolute Gasteiger partial charge is 0.232 e. The number of rotatable bonds is 8. The zero-order chi connectivity index (χ0) is 20.1. The summed E-state index contributed by atoms with van der Waals surface area (Å²) in [6, 6.07) is 13.3. The number of hydrogen-bond donors (Lipinski definition) is 1. The zero-order valence-corrected chi connectivity index (χ0v) is 16.5. The van der Waals surface area contributed by atoms with E-state index in [1.807, 2.05) is 56.3 Å². The van der Waals surface area contributed by atoms with E-state index in [9.17, 15) is 9.59 Å². The number of anilines is 1. The van der Waals surface area contributed by atoms with Crippen molar-refractivity contribution in [2.75, 3.05) is 32.1 Å². The summed E-state index contributed by atoms with van der Waals surface area (Å²) in [6.07, 6.45) is 0.147. The molecule has 3 rings (SSSR count). The largest absolute Gasteiger partial charge is 0.490 e. The van der Waals surface area contributed by atoms with Crippen LogP contribution in [0.25, 0.3) is 0 Å². The molecular weight excluding hydrogens is 356 g/mol. The fourth-order valence-electron chi connectivity index (χ4n) is 3.24. The first-order valence-corrected chi connectivity index (χ1v) is 9.49. The Labute approximate surface area is 165 Å². The number of amides is 2. The van der Waals surface area contributed by atoms with Gasteiger partial charge in [0.15, 0.2) is 11.5 Å². The van der Waals surface area contributed by atoms with Crippen LogP contribution in [0.5, 0.6) is 11.5 Å². The van der Waals surface area contributed by atoms with E-state index < -0.39 is 5.92 Å². The van der Waals surface area contributed by atoms with E-state index in [1.54, 1.807) is 11.9 Å². The van der Waals surface area contributed by atoms with Gasteiger partial charge >= 0.3 is 0 Å². The quantitative estimate of drug-likeness (QED) is 0.760. The minimum absolute atomic E-state index is 0.0869. The van der Waals surface area contributed by atoms with Crippen molar-refractivity contribution in [2.24, 2.45) is 0 Å². The Hall–Kier alpha value is -3.02. The van der Waals surface area contributed by atoms with Gasteiger partial charge in [-0.3, -0.25) is 9.59 Å². The van der Waals surface area contributed by atoms with Gasteiger partial charge in [-0.15, -0.1) is 0 Å². The lowest BCUT2D eigenvalue weighted by Gasteiger charge is -2.20. The van der Waals surface area contributed by atoms with E-state index in [2.05, 4.69) is 5.32 Å². The molecule has 2 aromatic rings. The standard InChI is InChI=1S/C22H26N2O4/c1-4-27-19-7-5-6-8-20(19)28-12-11-24(3)21(25)14-17-16-13-15(2)9-10-18(16)23-22(17)26/h5-10,13,17H,4,11-12,14H2,1-3H3,(H,23,26)/t17-/m1/s1. The lowest BCUT2D eigenvalue weighted by Crippen LogP contribution is -2.32. The average Bonchev–Trinajstić information content (AvgIpc) is 2.98. The fourth-order valence-corrected chi connectivity index (χ4v) is 3.24. The van der Waals surface area contributed by atoms with Crippen LogP contribution in [-0.2, 0) is 9.59 Å². The maximum Gasteiger partial charge on any atom is 0.232 e. The van der Waals surface area contributed by atoms with Gasteiger partial charge in [0, 0.05) is 19.2 Å². The van der Waals surface area contributed by atoms with E-state index in [0.717, 1.165) is 16.8 Å². The van der Waals surface area contributed by atoms with Gasteiger partial charge in [0.05, 0.1) is 19.1 Å². The minimum atomic E-state index is -0.440. The van der Waals surface area contributed by atoms with Gasteiger partial charge in [-0.05, 0) is 37.6 Å². The van der Waals surface area contributed by atoms with Gasteiger partial charge in [-0.1, -0.05) is 29.8 Å². The predicted octanol–water partition coefficient (Wildman–Crippen LogP) is 3.36. The summed E-state index contributed by atoms with van der Waals surface area (Å²) in [7, 11) is 1.73. The highest BCUT2D eigenvalue weighted by molar-refractivity contribution is 6.05. The third-order valence-electron chi connectivity index (χ3n) is 4.79. The summed E-state index contributed by atoms with van der Waals surface area (Å²) in [5.41, 5.74) is 2.77. The molecule has 148 valence electrons. The van der Waals surface area contributed by atoms with E-state index in [4.69, 9.17) is 9.47 Å². The summed E-state index contributed by atoms with van der Waals surface area (Å²) in [5, 5.41) is 2.85. The van der Waals surface area contributed by atoms with Gasteiger partial charge in [0.25, 0.3) is 0 Å².